The fraction of sp³-hybridized carbons (Fsp3) is 0.250. The Bertz CT molecular complexity index is 952. The molecule has 126 valence electrons. The molecule has 1 heterocycles. The SMILES string of the molecule is CCN1C(=O)c2cccc3c(S(=O)(=O)NCCC(=O)[O-])ccc1c23. The first kappa shape index (κ1) is 16.4. The van der Waals surface area contributed by atoms with E-state index >= 15 is 0 Å². The summed E-state index contributed by atoms with van der Waals surface area (Å²) in [7, 11) is -3.90. The third-order valence-corrected chi connectivity index (χ3v) is 5.49. The number of carboxylic acids is 1. The molecule has 2 aromatic carbocycles. The van der Waals surface area contributed by atoms with Crippen LogP contribution in [0.4, 0.5) is 5.69 Å². The predicted octanol–water partition coefficient (Wildman–Crippen LogP) is 0.238. The largest absolute Gasteiger partial charge is 0.550 e. The number of amides is 1. The zero-order valence-corrected chi connectivity index (χ0v) is 13.7. The third kappa shape index (κ3) is 2.53. The van der Waals surface area contributed by atoms with Crippen molar-refractivity contribution < 1.29 is 23.1 Å². The van der Waals surface area contributed by atoms with Gasteiger partial charge in [-0.15, -0.1) is 0 Å². The third-order valence-electron chi connectivity index (χ3n) is 3.97. The summed E-state index contributed by atoms with van der Waals surface area (Å²) in [5, 5.41) is 11.5. The van der Waals surface area contributed by atoms with Crippen LogP contribution < -0.4 is 14.7 Å². The lowest BCUT2D eigenvalue weighted by atomic mass is 10.1. The van der Waals surface area contributed by atoms with Crippen LogP contribution in [0.25, 0.3) is 10.8 Å². The van der Waals surface area contributed by atoms with E-state index in [2.05, 4.69) is 4.72 Å². The number of carboxylic acid groups (broad SMARTS) is 1. The molecule has 0 saturated heterocycles. The molecule has 0 aromatic heterocycles. The summed E-state index contributed by atoms with van der Waals surface area (Å²) >= 11 is 0. The molecular formula is C16H15N2O5S-. The van der Waals surface area contributed by atoms with E-state index in [9.17, 15) is 23.1 Å². The molecule has 0 spiro atoms. The number of carbonyl (C=O) groups excluding carboxylic acids is 2. The summed E-state index contributed by atoms with van der Waals surface area (Å²) in [5.41, 5.74) is 1.15. The van der Waals surface area contributed by atoms with Crippen LogP contribution in [0.3, 0.4) is 0 Å². The highest BCUT2D eigenvalue weighted by atomic mass is 32.2. The van der Waals surface area contributed by atoms with Gasteiger partial charge in [0.1, 0.15) is 0 Å². The Morgan fingerprint density at radius 3 is 2.67 bits per heavy atom. The molecule has 24 heavy (non-hydrogen) atoms. The minimum atomic E-state index is -3.90. The van der Waals surface area contributed by atoms with Gasteiger partial charge in [-0.1, -0.05) is 12.1 Å². The van der Waals surface area contributed by atoms with Crippen molar-refractivity contribution in [2.75, 3.05) is 18.0 Å². The van der Waals surface area contributed by atoms with Crippen molar-refractivity contribution in [2.45, 2.75) is 18.2 Å². The summed E-state index contributed by atoms with van der Waals surface area (Å²) in [6.45, 7) is 2.08. The van der Waals surface area contributed by atoms with Crippen molar-refractivity contribution in [1.82, 2.24) is 4.72 Å². The van der Waals surface area contributed by atoms with Crippen LogP contribution in [0.2, 0.25) is 0 Å². The standard InChI is InChI=1S/C16H16N2O5S/c1-2-18-12-6-7-13(24(22,23)17-9-8-14(19)20)10-4-3-5-11(15(10)12)16(18)21/h3-7,17H,2,8-9H2,1H3,(H,19,20)/p-1. The minimum Gasteiger partial charge on any atom is -0.550 e. The average molecular weight is 347 g/mol. The number of carbonyl (C=O) groups is 2. The smallest absolute Gasteiger partial charge is 0.258 e. The molecule has 8 heteroatoms. The van der Waals surface area contributed by atoms with Gasteiger partial charge in [-0.3, -0.25) is 4.79 Å². The Morgan fingerprint density at radius 1 is 1.25 bits per heavy atom. The maximum absolute atomic E-state index is 12.5. The minimum absolute atomic E-state index is 0.0206. The van der Waals surface area contributed by atoms with Gasteiger partial charge < -0.3 is 14.8 Å². The average Bonchev–Trinajstić information content (AvgIpc) is 2.81. The number of nitrogens with one attached hydrogen (secondary N) is 1. The molecule has 0 radical (unpaired) electrons. The molecule has 2 aromatic rings. The number of anilines is 1. The van der Waals surface area contributed by atoms with Crippen LogP contribution in [-0.2, 0) is 14.8 Å². The zero-order valence-electron chi connectivity index (χ0n) is 12.9. The molecular weight excluding hydrogens is 332 g/mol. The predicted molar refractivity (Wildman–Crippen MR) is 86.1 cm³/mol. The molecule has 1 amide bonds. The van der Waals surface area contributed by atoms with Crippen LogP contribution in [0.1, 0.15) is 23.7 Å². The lowest BCUT2D eigenvalue weighted by molar-refractivity contribution is -0.305. The molecule has 0 aliphatic carbocycles. The second-order valence-corrected chi connectivity index (χ2v) is 7.12. The van der Waals surface area contributed by atoms with Crippen molar-refractivity contribution in [1.29, 1.82) is 0 Å². The molecule has 0 fully saturated rings. The lowest BCUT2D eigenvalue weighted by Crippen LogP contribution is -2.31. The molecule has 1 aliphatic heterocycles. The van der Waals surface area contributed by atoms with Crippen LogP contribution in [0, 0.1) is 0 Å². The molecule has 1 N–H and O–H groups in total. The Hall–Kier alpha value is -2.45. The van der Waals surface area contributed by atoms with Gasteiger partial charge in [-0.25, -0.2) is 13.1 Å². The van der Waals surface area contributed by atoms with Crippen molar-refractivity contribution in [3.63, 3.8) is 0 Å². The van der Waals surface area contributed by atoms with E-state index in [1.165, 1.54) is 6.07 Å². The van der Waals surface area contributed by atoms with Crippen molar-refractivity contribution in [2.24, 2.45) is 0 Å². The fourth-order valence-electron chi connectivity index (χ4n) is 2.93. The number of rotatable bonds is 6. The van der Waals surface area contributed by atoms with Gasteiger partial charge >= 0.3 is 0 Å². The van der Waals surface area contributed by atoms with Crippen molar-refractivity contribution in [3.8, 4) is 0 Å². The molecule has 0 atom stereocenters. The summed E-state index contributed by atoms with van der Waals surface area (Å²) in [6.07, 6.45) is -0.414. The van der Waals surface area contributed by atoms with Gasteiger partial charge in [0.25, 0.3) is 5.91 Å². The van der Waals surface area contributed by atoms with Crippen LogP contribution in [-0.4, -0.2) is 33.4 Å². The zero-order chi connectivity index (χ0) is 17.5. The highest BCUT2D eigenvalue weighted by molar-refractivity contribution is 7.89. The van der Waals surface area contributed by atoms with E-state index in [1.54, 1.807) is 29.2 Å². The van der Waals surface area contributed by atoms with E-state index in [1.807, 2.05) is 6.92 Å². The number of benzene rings is 2. The van der Waals surface area contributed by atoms with E-state index in [0.717, 1.165) is 0 Å². The van der Waals surface area contributed by atoms with Gasteiger partial charge in [0.2, 0.25) is 10.0 Å². The second kappa shape index (κ2) is 5.88. The first-order valence-electron chi connectivity index (χ1n) is 7.44. The summed E-state index contributed by atoms with van der Waals surface area (Å²) in [4.78, 5) is 24.5. The van der Waals surface area contributed by atoms with Crippen LogP contribution in [0.15, 0.2) is 35.2 Å². The number of hydrogen-bond acceptors (Lipinski definition) is 5. The van der Waals surface area contributed by atoms with Crippen LogP contribution in [0.5, 0.6) is 0 Å². The summed E-state index contributed by atoms with van der Waals surface area (Å²) < 4.78 is 27.2. The number of hydrogen-bond donors (Lipinski definition) is 1. The number of aliphatic carboxylic acids is 1. The fourth-order valence-corrected chi connectivity index (χ4v) is 4.17. The topological polar surface area (TPSA) is 107 Å². The summed E-state index contributed by atoms with van der Waals surface area (Å²) in [5.74, 6) is -1.49. The Balaban J connectivity index is 2.11. The highest BCUT2D eigenvalue weighted by Gasteiger charge is 2.31. The van der Waals surface area contributed by atoms with Crippen LogP contribution >= 0.6 is 0 Å². The molecule has 1 aliphatic rings. The maximum atomic E-state index is 12.5. The molecule has 3 rings (SSSR count). The highest BCUT2D eigenvalue weighted by Crippen LogP contribution is 2.39. The van der Waals surface area contributed by atoms with E-state index in [0.29, 0.717) is 28.6 Å². The quantitative estimate of drug-likeness (QED) is 0.805. The van der Waals surface area contributed by atoms with E-state index in [-0.39, 0.29) is 17.3 Å². The van der Waals surface area contributed by atoms with Gasteiger partial charge in [-0.2, -0.15) is 0 Å². The number of sulfonamides is 1. The number of nitrogens with zero attached hydrogens (tertiary/aromatic N) is 1. The van der Waals surface area contributed by atoms with Crippen molar-refractivity contribution in [3.05, 3.63) is 35.9 Å². The molecule has 0 bridgehead atoms. The monoisotopic (exact) mass is 347 g/mol. The van der Waals surface area contributed by atoms with Gasteiger partial charge in [-0.05, 0) is 25.1 Å². The first-order valence-corrected chi connectivity index (χ1v) is 8.92. The molecule has 0 saturated carbocycles. The molecule has 0 unspecified atom stereocenters. The second-order valence-electron chi connectivity index (χ2n) is 5.38. The molecule has 7 nitrogen and oxygen atoms in total. The van der Waals surface area contributed by atoms with E-state index < -0.39 is 22.4 Å². The Morgan fingerprint density at radius 2 is 2.00 bits per heavy atom. The van der Waals surface area contributed by atoms with Gasteiger partial charge in [0.15, 0.2) is 0 Å². The Kier molecular flexibility index (Phi) is 4.02. The van der Waals surface area contributed by atoms with Gasteiger partial charge in [0.05, 0.1) is 10.6 Å². The Labute approximate surface area is 138 Å². The van der Waals surface area contributed by atoms with Gasteiger partial charge in [0, 0.05) is 41.8 Å². The summed E-state index contributed by atoms with van der Waals surface area (Å²) in [6, 6.07) is 7.99. The van der Waals surface area contributed by atoms with E-state index in [4.69, 9.17) is 0 Å². The normalized spacial score (nSPS) is 13.7. The first-order chi connectivity index (χ1) is 11.4. The lowest BCUT2D eigenvalue weighted by Gasteiger charge is -2.15. The maximum Gasteiger partial charge on any atom is 0.258 e. The van der Waals surface area contributed by atoms with Crippen molar-refractivity contribution >= 4 is 38.4 Å².